The van der Waals surface area contributed by atoms with Crippen LogP contribution in [-0.4, -0.2) is 18.1 Å². The molecule has 152 valence electrons. The number of imide groups is 1. The average Bonchev–Trinajstić information content (AvgIpc) is 3.06. The topological polar surface area (TPSA) is 54.5 Å². The highest BCUT2D eigenvalue weighted by Crippen LogP contribution is 2.66. The second-order valence-corrected chi connectivity index (χ2v) is 9.09. The van der Waals surface area contributed by atoms with E-state index in [1.165, 1.54) is 4.90 Å². The van der Waals surface area contributed by atoms with E-state index in [1.54, 1.807) is 6.07 Å². The molecule has 1 fully saturated rings. The van der Waals surface area contributed by atoms with E-state index in [9.17, 15) is 14.4 Å². The van der Waals surface area contributed by atoms with Gasteiger partial charge in [-0.05, 0) is 46.9 Å². The quantitative estimate of drug-likeness (QED) is 0.478. The van der Waals surface area contributed by atoms with Crippen LogP contribution in [0.2, 0.25) is 0 Å². The second kappa shape index (κ2) is 5.79. The Morgan fingerprint density at radius 3 is 1.87 bits per heavy atom. The zero-order valence-corrected chi connectivity index (χ0v) is 17.3. The van der Waals surface area contributed by atoms with Gasteiger partial charge in [0, 0.05) is 5.41 Å². The number of hydrogen-bond acceptors (Lipinski definition) is 3. The Labute approximate surface area is 180 Å². The van der Waals surface area contributed by atoms with Gasteiger partial charge in [0.25, 0.3) is 0 Å². The smallest absolute Gasteiger partial charge is 0.239 e. The van der Waals surface area contributed by atoms with Crippen LogP contribution in [0.4, 0.5) is 5.69 Å². The van der Waals surface area contributed by atoms with Gasteiger partial charge in [0.05, 0.1) is 22.9 Å². The molecule has 3 aromatic rings. The molecular formula is C27H21NO3. The Hall–Kier alpha value is -3.53. The van der Waals surface area contributed by atoms with Gasteiger partial charge in [0.1, 0.15) is 6.29 Å². The molecule has 2 atom stereocenters. The minimum Gasteiger partial charge on any atom is -0.302 e. The number of amides is 2. The maximum atomic E-state index is 13.9. The van der Waals surface area contributed by atoms with E-state index < -0.39 is 22.7 Å². The molecule has 4 heteroatoms. The van der Waals surface area contributed by atoms with Crippen LogP contribution in [0.3, 0.4) is 0 Å². The molecule has 4 nitrogen and oxygen atoms in total. The maximum Gasteiger partial charge on any atom is 0.239 e. The van der Waals surface area contributed by atoms with Gasteiger partial charge in [-0.3, -0.25) is 9.59 Å². The number of carbonyl (C=O) groups is 3. The monoisotopic (exact) mass is 407 g/mol. The molecule has 0 spiro atoms. The lowest BCUT2D eigenvalue weighted by Crippen LogP contribution is -2.61. The highest BCUT2D eigenvalue weighted by Gasteiger charge is 2.72. The third-order valence-corrected chi connectivity index (χ3v) is 7.73. The number of nitrogens with zero attached hydrogens (tertiary/aromatic N) is 1. The number of anilines is 1. The van der Waals surface area contributed by atoms with Crippen molar-refractivity contribution < 1.29 is 14.4 Å². The number of carbonyl (C=O) groups excluding carboxylic acids is 3. The molecule has 7 rings (SSSR count). The molecule has 3 aromatic carbocycles. The summed E-state index contributed by atoms with van der Waals surface area (Å²) in [6.07, 6.45) is 0.909. The van der Waals surface area contributed by atoms with Crippen molar-refractivity contribution >= 4 is 23.8 Å². The first-order valence-electron chi connectivity index (χ1n) is 10.6. The van der Waals surface area contributed by atoms with Crippen LogP contribution < -0.4 is 4.90 Å². The van der Waals surface area contributed by atoms with E-state index in [2.05, 4.69) is 6.92 Å². The van der Waals surface area contributed by atoms with Gasteiger partial charge >= 0.3 is 0 Å². The van der Waals surface area contributed by atoms with Crippen molar-refractivity contribution in [3.05, 3.63) is 101 Å². The van der Waals surface area contributed by atoms with Gasteiger partial charge in [0.2, 0.25) is 11.8 Å². The van der Waals surface area contributed by atoms with Crippen LogP contribution in [0, 0.1) is 18.8 Å². The van der Waals surface area contributed by atoms with E-state index in [0.717, 1.165) is 34.1 Å². The first-order valence-corrected chi connectivity index (χ1v) is 10.6. The number of hydrogen-bond donors (Lipinski definition) is 0. The van der Waals surface area contributed by atoms with Gasteiger partial charge in [-0.25, -0.2) is 4.90 Å². The largest absolute Gasteiger partial charge is 0.302 e. The Morgan fingerprint density at radius 1 is 0.774 bits per heavy atom. The highest BCUT2D eigenvalue weighted by molar-refractivity contribution is 6.25. The van der Waals surface area contributed by atoms with Crippen LogP contribution >= 0.6 is 0 Å². The lowest BCUT2D eigenvalue weighted by atomic mass is 9.42. The molecule has 2 amide bonds. The zero-order valence-electron chi connectivity index (χ0n) is 17.3. The summed E-state index contributed by atoms with van der Waals surface area (Å²) in [4.78, 5) is 42.1. The minimum absolute atomic E-state index is 0.224. The summed E-state index contributed by atoms with van der Waals surface area (Å²) in [5.41, 5.74) is 3.32. The average molecular weight is 407 g/mol. The molecule has 31 heavy (non-hydrogen) atoms. The normalized spacial score (nSPS) is 30.1. The fraction of sp³-hybridized carbons (Fsp3) is 0.222. The van der Waals surface area contributed by atoms with Gasteiger partial charge < -0.3 is 4.79 Å². The van der Waals surface area contributed by atoms with Crippen molar-refractivity contribution in [3.8, 4) is 0 Å². The number of rotatable bonds is 2. The lowest BCUT2D eigenvalue weighted by Gasteiger charge is -2.56. The molecule has 0 unspecified atom stereocenters. The Morgan fingerprint density at radius 2 is 1.32 bits per heavy atom. The maximum absolute atomic E-state index is 13.9. The molecule has 1 heterocycles. The van der Waals surface area contributed by atoms with Crippen LogP contribution in [0.5, 0.6) is 0 Å². The summed E-state index contributed by atoms with van der Waals surface area (Å²) in [6.45, 7) is 3.99. The molecule has 0 N–H and O–H groups in total. The third-order valence-electron chi connectivity index (χ3n) is 7.73. The van der Waals surface area contributed by atoms with Crippen molar-refractivity contribution in [1.82, 2.24) is 0 Å². The summed E-state index contributed by atoms with van der Waals surface area (Å²) in [7, 11) is 0. The number of benzene rings is 3. The Bertz CT molecular complexity index is 1260. The van der Waals surface area contributed by atoms with Gasteiger partial charge in [0.15, 0.2) is 0 Å². The molecule has 0 radical (unpaired) electrons. The van der Waals surface area contributed by atoms with Crippen LogP contribution in [-0.2, 0) is 25.2 Å². The standard InChI is InChI=1S/C27H21NO3/c1-16-8-7-9-17(14-16)28-24(30)22-23(25(28)31)27(15-29)20-12-5-3-10-18(20)26(22,2)19-11-4-6-13-21(19)27/h3-15,22-23H,1-2H3/t22-,23+,26?,27?/m0/s1. The fourth-order valence-electron chi connectivity index (χ4n) is 6.49. The molecule has 0 saturated carbocycles. The lowest BCUT2D eigenvalue weighted by molar-refractivity contribution is -0.129. The summed E-state index contributed by atoms with van der Waals surface area (Å²) in [6, 6.07) is 23.0. The predicted molar refractivity (Wildman–Crippen MR) is 117 cm³/mol. The first-order chi connectivity index (χ1) is 15.0. The molecule has 3 aliphatic carbocycles. The Kier molecular flexibility index (Phi) is 3.41. The molecule has 1 aliphatic heterocycles. The van der Waals surface area contributed by atoms with Crippen molar-refractivity contribution in [1.29, 1.82) is 0 Å². The van der Waals surface area contributed by atoms with Gasteiger partial charge in [-0.1, -0.05) is 67.6 Å². The molecule has 1 saturated heterocycles. The van der Waals surface area contributed by atoms with Crippen molar-refractivity contribution in [2.24, 2.45) is 11.8 Å². The van der Waals surface area contributed by atoms with E-state index in [1.807, 2.05) is 73.7 Å². The van der Waals surface area contributed by atoms with Gasteiger partial charge in [-0.2, -0.15) is 0 Å². The fourth-order valence-corrected chi connectivity index (χ4v) is 6.49. The first kappa shape index (κ1) is 18.3. The van der Waals surface area contributed by atoms with Crippen LogP contribution in [0.25, 0.3) is 0 Å². The van der Waals surface area contributed by atoms with E-state index in [0.29, 0.717) is 5.69 Å². The summed E-state index contributed by atoms with van der Waals surface area (Å²) in [5.74, 6) is -1.90. The Balaban J connectivity index is 1.70. The minimum atomic E-state index is -1.17. The highest BCUT2D eigenvalue weighted by atomic mass is 16.2. The van der Waals surface area contributed by atoms with Crippen molar-refractivity contribution in [3.63, 3.8) is 0 Å². The molecule has 0 aromatic heterocycles. The number of aryl methyl sites for hydroxylation is 1. The summed E-state index contributed by atoms with van der Waals surface area (Å²) >= 11 is 0. The van der Waals surface area contributed by atoms with Crippen LogP contribution in [0.1, 0.15) is 34.7 Å². The zero-order chi connectivity index (χ0) is 21.5. The third kappa shape index (κ3) is 1.89. The summed E-state index contributed by atoms with van der Waals surface area (Å²) in [5, 5.41) is 0. The number of aldehydes is 1. The second-order valence-electron chi connectivity index (χ2n) is 9.09. The molecule has 2 bridgehead atoms. The van der Waals surface area contributed by atoms with Gasteiger partial charge in [-0.15, -0.1) is 0 Å². The molecular weight excluding hydrogens is 386 g/mol. The van der Waals surface area contributed by atoms with E-state index >= 15 is 0 Å². The molecule has 4 aliphatic rings. The predicted octanol–water partition coefficient (Wildman–Crippen LogP) is 3.92. The van der Waals surface area contributed by atoms with Crippen molar-refractivity contribution in [2.75, 3.05) is 4.90 Å². The summed E-state index contributed by atoms with van der Waals surface area (Å²) < 4.78 is 0. The van der Waals surface area contributed by atoms with Crippen LogP contribution in [0.15, 0.2) is 72.8 Å². The van der Waals surface area contributed by atoms with Crippen molar-refractivity contribution in [2.45, 2.75) is 24.7 Å². The van der Waals surface area contributed by atoms with E-state index in [4.69, 9.17) is 0 Å². The van der Waals surface area contributed by atoms with E-state index in [-0.39, 0.29) is 11.8 Å². The SMILES string of the molecule is Cc1cccc(N2C(=O)[C@@H]3[C@H](C2=O)C2(C=O)c4ccccc4C3(C)c3ccccc32)c1.